The monoisotopic (exact) mass is 221 g/mol. The minimum Gasteiger partial charge on any atom is -0.550 e. The van der Waals surface area contributed by atoms with Crippen LogP contribution in [0.2, 0.25) is 0 Å². The fourth-order valence-electron chi connectivity index (χ4n) is 1.28. The summed E-state index contributed by atoms with van der Waals surface area (Å²) in [5.74, 6) is -2.15. The average molecular weight is 221 g/mol. The van der Waals surface area contributed by atoms with E-state index < -0.39 is 18.4 Å². The van der Waals surface area contributed by atoms with Crippen molar-refractivity contribution in [2.24, 2.45) is 0 Å². The molecular weight excluding hydrogens is 208 g/mol. The third kappa shape index (κ3) is 5.14. The van der Waals surface area contributed by atoms with E-state index in [4.69, 9.17) is 4.74 Å². The zero-order chi connectivity index (χ0) is 11.8. The molecule has 1 aromatic carbocycles. The first-order valence-corrected chi connectivity index (χ1v) is 5.08. The number of aryl methyl sites for hydroxylation is 1. The Hall–Kier alpha value is -1.84. The number of hydrogen-bond acceptors (Lipinski definition) is 4. The smallest absolute Gasteiger partial charge is 0.311 e. The molecule has 0 saturated heterocycles. The summed E-state index contributed by atoms with van der Waals surface area (Å²) in [7, 11) is 0. The molecule has 4 nitrogen and oxygen atoms in total. The molecule has 1 rings (SSSR count). The summed E-state index contributed by atoms with van der Waals surface area (Å²) in [6.45, 7) is 0.237. The molecule has 4 heteroatoms. The standard InChI is InChI=1S/C12H14O4/c13-11(14)9-12(15)16-8-4-7-10-5-2-1-3-6-10/h1-3,5-6H,4,7-9H2,(H,13,14)/p-1. The summed E-state index contributed by atoms with van der Waals surface area (Å²) in [4.78, 5) is 20.9. The van der Waals surface area contributed by atoms with Crippen molar-refractivity contribution in [3.63, 3.8) is 0 Å². The van der Waals surface area contributed by atoms with Crippen LogP contribution in [-0.2, 0) is 20.7 Å². The van der Waals surface area contributed by atoms with E-state index in [2.05, 4.69) is 0 Å². The number of benzene rings is 1. The Labute approximate surface area is 93.9 Å². The molecule has 0 atom stereocenters. The van der Waals surface area contributed by atoms with Crippen LogP contribution in [0.15, 0.2) is 30.3 Å². The highest BCUT2D eigenvalue weighted by atomic mass is 16.5. The normalized spacial score (nSPS) is 9.75. The van der Waals surface area contributed by atoms with Crippen LogP contribution in [0.1, 0.15) is 18.4 Å². The molecule has 0 aliphatic heterocycles. The molecule has 0 radical (unpaired) electrons. The van der Waals surface area contributed by atoms with Gasteiger partial charge in [0, 0.05) is 0 Å². The van der Waals surface area contributed by atoms with Gasteiger partial charge in [-0.2, -0.15) is 0 Å². The molecule has 0 spiro atoms. The lowest BCUT2D eigenvalue weighted by Crippen LogP contribution is -2.26. The third-order valence-corrected chi connectivity index (χ3v) is 2.00. The Bertz CT molecular complexity index is 345. The minimum absolute atomic E-state index is 0.237. The summed E-state index contributed by atoms with van der Waals surface area (Å²) >= 11 is 0. The van der Waals surface area contributed by atoms with Crippen LogP contribution < -0.4 is 5.11 Å². The van der Waals surface area contributed by atoms with E-state index in [1.54, 1.807) is 0 Å². The van der Waals surface area contributed by atoms with Gasteiger partial charge in [-0.1, -0.05) is 30.3 Å². The van der Waals surface area contributed by atoms with Gasteiger partial charge in [-0.25, -0.2) is 0 Å². The second-order valence-corrected chi connectivity index (χ2v) is 3.36. The summed E-state index contributed by atoms with van der Waals surface area (Å²) in [5.41, 5.74) is 1.17. The van der Waals surface area contributed by atoms with E-state index in [9.17, 15) is 14.7 Å². The molecule has 0 fully saturated rings. The van der Waals surface area contributed by atoms with Gasteiger partial charge in [-0.3, -0.25) is 4.79 Å². The first-order chi connectivity index (χ1) is 7.68. The fraction of sp³-hybridized carbons (Fsp3) is 0.333. The molecule has 0 unspecified atom stereocenters. The van der Waals surface area contributed by atoms with E-state index in [1.165, 1.54) is 5.56 Å². The molecule has 0 bridgehead atoms. The quantitative estimate of drug-likeness (QED) is 0.393. The van der Waals surface area contributed by atoms with E-state index in [-0.39, 0.29) is 6.61 Å². The number of rotatable bonds is 6. The van der Waals surface area contributed by atoms with Gasteiger partial charge in [0.15, 0.2) is 0 Å². The SMILES string of the molecule is O=C([O-])CC(=O)OCCCc1ccccc1. The zero-order valence-electron chi connectivity index (χ0n) is 8.85. The van der Waals surface area contributed by atoms with Gasteiger partial charge >= 0.3 is 5.97 Å². The van der Waals surface area contributed by atoms with Crippen LogP contribution >= 0.6 is 0 Å². The Morgan fingerprint density at radius 3 is 2.50 bits per heavy atom. The predicted octanol–water partition coefficient (Wildman–Crippen LogP) is 0.302. The van der Waals surface area contributed by atoms with Crippen LogP contribution in [0.4, 0.5) is 0 Å². The van der Waals surface area contributed by atoms with Gasteiger partial charge in [-0.05, 0) is 18.4 Å². The van der Waals surface area contributed by atoms with Crippen molar-refractivity contribution in [2.45, 2.75) is 19.3 Å². The lowest BCUT2D eigenvalue weighted by Gasteiger charge is -2.05. The number of carboxylic acids is 1. The lowest BCUT2D eigenvalue weighted by atomic mass is 10.1. The summed E-state index contributed by atoms with van der Waals surface area (Å²) < 4.78 is 4.71. The van der Waals surface area contributed by atoms with Crippen LogP contribution in [0.25, 0.3) is 0 Å². The Morgan fingerprint density at radius 1 is 1.19 bits per heavy atom. The molecule has 0 amide bonds. The maximum absolute atomic E-state index is 10.8. The lowest BCUT2D eigenvalue weighted by molar-refractivity contribution is -0.305. The van der Waals surface area contributed by atoms with Crippen molar-refractivity contribution in [1.82, 2.24) is 0 Å². The fourth-order valence-corrected chi connectivity index (χ4v) is 1.28. The molecule has 0 aliphatic carbocycles. The average Bonchev–Trinajstić information content (AvgIpc) is 2.25. The maximum atomic E-state index is 10.8. The zero-order valence-corrected chi connectivity index (χ0v) is 8.85. The van der Waals surface area contributed by atoms with Gasteiger partial charge in [-0.15, -0.1) is 0 Å². The molecule has 1 aromatic rings. The van der Waals surface area contributed by atoms with Crippen molar-refractivity contribution in [2.75, 3.05) is 6.61 Å². The molecule has 0 aliphatic rings. The van der Waals surface area contributed by atoms with Gasteiger partial charge in [0.2, 0.25) is 0 Å². The number of carbonyl (C=O) groups excluding carboxylic acids is 2. The van der Waals surface area contributed by atoms with Crippen molar-refractivity contribution in [3.05, 3.63) is 35.9 Å². The highest BCUT2D eigenvalue weighted by Crippen LogP contribution is 2.02. The first-order valence-electron chi connectivity index (χ1n) is 5.08. The number of carbonyl (C=O) groups is 2. The predicted molar refractivity (Wildman–Crippen MR) is 55.3 cm³/mol. The first kappa shape index (κ1) is 12.2. The summed E-state index contributed by atoms with van der Waals surface area (Å²) in [5, 5.41) is 10.1. The van der Waals surface area contributed by atoms with Crippen LogP contribution in [0.5, 0.6) is 0 Å². The second-order valence-electron chi connectivity index (χ2n) is 3.36. The van der Waals surface area contributed by atoms with Crippen molar-refractivity contribution < 1.29 is 19.4 Å². The van der Waals surface area contributed by atoms with Crippen molar-refractivity contribution >= 4 is 11.9 Å². The molecule has 0 heterocycles. The van der Waals surface area contributed by atoms with E-state index in [0.29, 0.717) is 6.42 Å². The number of carboxylic acid groups (broad SMARTS) is 1. The Morgan fingerprint density at radius 2 is 1.88 bits per heavy atom. The highest BCUT2D eigenvalue weighted by Gasteiger charge is 2.02. The number of aliphatic carboxylic acids is 1. The van der Waals surface area contributed by atoms with Gasteiger partial charge in [0.1, 0.15) is 0 Å². The summed E-state index contributed by atoms with van der Waals surface area (Å²) in [6, 6.07) is 9.80. The van der Waals surface area contributed by atoms with Crippen molar-refractivity contribution in [3.8, 4) is 0 Å². The topological polar surface area (TPSA) is 66.4 Å². The van der Waals surface area contributed by atoms with Crippen LogP contribution in [-0.4, -0.2) is 18.5 Å². The van der Waals surface area contributed by atoms with Crippen LogP contribution in [0.3, 0.4) is 0 Å². The largest absolute Gasteiger partial charge is 0.550 e. The minimum atomic E-state index is -1.41. The Balaban J connectivity index is 2.13. The van der Waals surface area contributed by atoms with Gasteiger partial charge < -0.3 is 14.6 Å². The molecule has 16 heavy (non-hydrogen) atoms. The van der Waals surface area contributed by atoms with Crippen LogP contribution in [0, 0.1) is 0 Å². The summed E-state index contributed by atoms with van der Waals surface area (Å²) in [6.07, 6.45) is 0.813. The van der Waals surface area contributed by atoms with Gasteiger partial charge in [0.05, 0.1) is 19.0 Å². The number of hydrogen-bond donors (Lipinski definition) is 0. The number of esters is 1. The van der Waals surface area contributed by atoms with Crippen molar-refractivity contribution in [1.29, 1.82) is 0 Å². The third-order valence-electron chi connectivity index (χ3n) is 2.00. The van der Waals surface area contributed by atoms with Gasteiger partial charge in [0.25, 0.3) is 0 Å². The Kier molecular flexibility index (Phi) is 5.05. The molecule has 0 saturated carbocycles. The van der Waals surface area contributed by atoms with E-state index in [0.717, 1.165) is 6.42 Å². The van der Waals surface area contributed by atoms with E-state index in [1.807, 2.05) is 30.3 Å². The molecule has 0 N–H and O–H groups in total. The molecular formula is C12H13O4-. The second kappa shape index (κ2) is 6.61. The number of ether oxygens (including phenoxy) is 1. The maximum Gasteiger partial charge on any atom is 0.311 e. The highest BCUT2D eigenvalue weighted by molar-refractivity contribution is 5.88. The van der Waals surface area contributed by atoms with E-state index >= 15 is 0 Å². The molecule has 0 aromatic heterocycles. The molecule has 86 valence electrons.